The van der Waals surface area contributed by atoms with Crippen LogP contribution in [0.5, 0.6) is 0 Å². The van der Waals surface area contributed by atoms with E-state index in [2.05, 4.69) is 0 Å². The number of halogens is 3. The summed E-state index contributed by atoms with van der Waals surface area (Å²) in [7, 11) is 0. The van der Waals surface area contributed by atoms with Crippen molar-refractivity contribution < 1.29 is 9.53 Å². The number of carbonyl (C=O) groups is 1. The van der Waals surface area contributed by atoms with Crippen molar-refractivity contribution in [1.29, 1.82) is 0 Å². The third-order valence-corrected chi connectivity index (χ3v) is 2.89. The number of esters is 1. The maximum Gasteiger partial charge on any atom is 0.310 e. The van der Waals surface area contributed by atoms with Crippen molar-refractivity contribution in [1.82, 2.24) is 0 Å². The zero-order valence-corrected chi connectivity index (χ0v) is 10.3. The molecule has 0 aromatic heterocycles. The fraction of sp³-hybridized carbons (Fsp3) is 0.300. The average molecular weight is 268 g/mol. The van der Waals surface area contributed by atoms with Gasteiger partial charge < -0.3 is 4.74 Å². The van der Waals surface area contributed by atoms with Crippen LogP contribution >= 0.6 is 34.8 Å². The standard InChI is InChI=1S/C10H9Cl3O2/c1-2-15-9(14)5-6-3-7(11)10(13)8(12)4-6/h3-4H,2,5H2,1H3. The van der Waals surface area contributed by atoms with Crippen LogP contribution < -0.4 is 0 Å². The normalized spacial score (nSPS) is 10.1. The van der Waals surface area contributed by atoms with E-state index < -0.39 is 0 Å². The number of benzene rings is 1. The van der Waals surface area contributed by atoms with Crippen molar-refractivity contribution in [2.75, 3.05) is 6.61 Å². The van der Waals surface area contributed by atoms with Gasteiger partial charge in [0.2, 0.25) is 0 Å². The first-order chi connectivity index (χ1) is 7.04. The second kappa shape index (κ2) is 5.59. The fourth-order valence-electron chi connectivity index (χ4n) is 1.09. The molecule has 1 aromatic carbocycles. The van der Waals surface area contributed by atoms with Gasteiger partial charge in [-0.25, -0.2) is 0 Å². The molecule has 0 fully saturated rings. The lowest BCUT2D eigenvalue weighted by Crippen LogP contribution is -2.07. The summed E-state index contributed by atoms with van der Waals surface area (Å²) < 4.78 is 4.80. The van der Waals surface area contributed by atoms with Gasteiger partial charge in [-0.05, 0) is 24.6 Å². The molecule has 0 N–H and O–H groups in total. The molecule has 1 aromatic rings. The third-order valence-electron chi connectivity index (χ3n) is 1.70. The predicted molar refractivity (Wildman–Crippen MR) is 61.8 cm³/mol. The van der Waals surface area contributed by atoms with E-state index in [1.807, 2.05) is 0 Å². The first-order valence-electron chi connectivity index (χ1n) is 4.33. The topological polar surface area (TPSA) is 26.3 Å². The van der Waals surface area contributed by atoms with E-state index in [4.69, 9.17) is 39.5 Å². The van der Waals surface area contributed by atoms with E-state index in [9.17, 15) is 4.79 Å². The van der Waals surface area contributed by atoms with Gasteiger partial charge in [-0.1, -0.05) is 34.8 Å². The summed E-state index contributed by atoms with van der Waals surface area (Å²) in [5.41, 5.74) is 0.688. The summed E-state index contributed by atoms with van der Waals surface area (Å²) in [5, 5.41) is 0.970. The molecule has 0 amide bonds. The monoisotopic (exact) mass is 266 g/mol. The van der Waals surface area contributed by atoms with Crippen molar-refractivity contribution >= 4 is 40.8 Å². The minimum atomic E-state index is -0.313. The van der Waals surface area contributed by atoms with E-state index >= 15 is 0 Å². The molecule has 1 rings (SSSR count). The van der Waals surface area contributed by atoms with Crippen molar-refractivity contribution in [2.24, 2.45) is 0 Å². The first-order valence-corrected chi connectivity index (χ1v) is 5.47. The molecule has 0 aliphatic rings. The van der Waals surface area contributed by atoms with Gasteiger partial charge in [-0.15, -0.1) is 0 Å². The van der Waals surface area contributed by atoms with Gasteiger partial charge in [0.25, 0.3) is 0 Å². The molecular formula is C10H9Cl3O2. The lowest BCUT2D eigenvalue weighted by Gasteiger charge is -2.05. The van der Waals surface area contributed by atoms with Crippen molar-refractivity contribution in [2.45, 2.75) is 13.3 Å². The summed E-state index contributed by atoms with van der Waals surface area (Å²) in [6.07, 6.45) is 0.143. The Balaban J connectivity index is 2.83. The quantitative estimate of drug-likeness (QED) is 0.616. The molecule has 5 heteroatoms. The molecule has 0 unspecified atom stereocenters. The van der Waals surface area contributed by atoms with Crippen LogP contribution in [0, 0.1) is 0 Å². The van der Waals surface area contributed by atoms with Crippen LogP contribution in [-0.4, -0.2) is 12.6 Å². The van der Waals surface area contributed by atoms with Gasteiger partial charge in [-0.2, -0.15) is 0 Å². The van der Waals surface area contributed by atoms with E-state index in [-0.39, 0.29) is 12.4 Å². The smallest absolute Gasteiger partial charge is 0.310 e. The highest BCUT2D eigenvalue weighted by atomic mass is 35.5. The van der Waals surface area contributed by atoms with Gasteiger partial charge >= 0.3 is 5.97 Å². The summed E-state index contributed by atoms with van der Waals surface area (Å²) >= 11 is 17.4. The molecule has 0 spiro atoms. The highest BCUT2D eigenvalue weighted by molar-refractivity contribution is 6.48. The van der Waals surface area contributed by atoms with Crippen molar-refractivity contribution in [3.8, 4) is 0 Å². The van der Waals surface area contributed by atoms with Crippen LogP contribution in [-0.2, 0) is 16.0 Å². The zero-order chi connectivity index (χ0) is 11.4. The minimum Gasteiger partial charge on any atom is -0.466 e. The van der Waals surface area contributed by atoms with Crippen LogP contribution in [0.2, 0.25) is 15.1 Å². The van der Waals surface area contributed by atoms with Gasteiger partial charge in [0.15, 0.2) is 0 Å². The Morgan fingerprint density at radius 1 is 1.27 bits per heavy atom. The molecule has 0 aliphatic carbocycles. The number of rotatable bonds is 3. The Morgan fingerprint density at radius 2 is 1.80 bits per heavy atom. The largest absolute Gasteiger partial charge is 0.466 e. The molecule has 0 aliphatic heterocycles. The maximum atomic E-state index is 11.2. The van der Waals surface area contributed by atoms with Crippen LogP contribution in [0.15, 0.2) is 12.1 Å². The van der Waals surface area contributed by atoms with Crippen LogP contribution in [0.3, 0.4) is 0 Å². The maximum absolute atomic E-state index is 11.2. The van der Waals surface area contributed by atoms with Crippen LogP contribution in [0.25, 0.3) is 0 Å². The molecule has 0 bridgehead atoms. The molecule has 0 atom stereocenters. The lowest BCUT2D eigenvalue weighted by atomic mass is 10.1. The molecular weight excluding hydrogens is 258 g/mol. The van der Waals surface area contributed by atoms with Gasteiger partial charge in [0.1, 0.15) is 0 Å². The van der Waals surface area contributed by atoms with E-state index in [0.29, 0.717) is 27.2 Å². The average Bonchev–Trinajstić information content (AvgIpc) is 2.14. The molecule has 0 saturated carbocycles. The molecule has 0 radical (unpaired) electrons. The molecule has 0 heterocycles. The van der Waals surface area contributed by atoms with Crippen LogP contribution in [0.1, 0.15) is 12.5 Å². The highest BCUT2D eigenvalue weighted by Gasteiger charge is 2.09. The number of carbonyl (C=O) groups excluding carboxylic acids is 1. The summed E-state index contributed by atoms with van der Waals surface area (Å²) in [5.74, 6) is -0.313. The number of hydrogen-bond acceptors (Lipinski definition) is 2. The highest BCUT2D eigenvalue weighted by Crippen LogP contribution is 2.31. The van der Waals surface area contributed by atoms with E-state index in [1.54, 1.807) is 19.1 Å². The van der Waals surface area contributed by atoms with E-state index in [0.717, 1.165) is 0 Å². The van der Waals surface area contributed by atoms with Gasteiger partial charge in [-0.3, -0.25) is 4.79 Å². The first kappa shape index (κ1) is 12.6. The Hall–Kier alpha value is -0.440. The predicted octanol–water partition coefficient (Wildman–Crippen LogP) is 3.75. The van der Waals surface area contributed by atoms with E-state index in [1.165, 1.54) is 0 Å². The Morgan fingerprint density at radius 3 is 2.27 bits per heavy atom. The Kier molecular flexibility index (Phi) is 4.71. The van der Waals surface area contributed by atoms with Gasteiger partial charge in [0.05, 0.1) is 28.1 Å². The van der Waals surface area contributed by atoms with Gasteiger partial charge in [0, 0.05) is 0 Å². The second-order valence-corrected chi connectivity index (χ2v) is 4.05. The number of hydrogen-bond donors (Lipinski definition) is 0. The zero-order valence-electron chi connectivity index (χ0n) is 8.02. The molecule has 15 heavy (non-hydrogen) atoms. The molecule has 82 valence electrons. The lowest BCUT2D eigenvalue weighted by molar-refractivity contribution is -0.142. The third kappa shape index (κ3) is 3.56. The summed E-state index contributed by atoms with van der Waals surface area (Å²) in [6.45, 7) is 2.10. The fourth-order valence-corrected chi connectivity index (χ4v) is 1.73. The van der Waals surface area contributed by atoms with Crippen molar-refractivity contribution in [3.05, 3.63) is 32.8 Å². The summed E-state index contributed by atoms with van der Waals surface area (Å²) in [4.78, 5) is 11.2. The number of ether oxygens (including phenoxy) is 1. The SMILES string of the molecule is CCOC(=O)Cc1cc(Cl)c(Cl)c(Cl)c1. The second-order valence-electron chi connectivity index (χ2n) is 2.86. The Labute approximate surface area is 103 Å². The van der Waals surface area contributed by atoms with Crippen LogP contribution in [0.4, 0.5) is 0 Å². The molecule has 0 saturated heterocycles. The van der Waals surface area contributed by atoms with Crippen molar-refractivity contribution in [3.63, 3.8) is 0 Å². The Bertz CT molecular complexity index is 354. The summed E-state index contributed by atoms with van der Waals surface area (Å²) in [6, 6.07) is 3.21. The minimum absolute atomic E-state index is 0.143. The molecule has 2 nitrogen and oxygen atoms in total.